The minimum absolute atomic E-state index is 0.135. The van der Waals surface area contributed by atoms with Crippen LogP contribution < -0.4 is 23.8 Å². The summed E-state index contributed by atoms with van der Waals surface area (Å²) in [4.78, 5) is 14.2. The summed E-state index contributed by atoms with van der Waals surface area (Å²) in [5.41, 5.74) is 3.03. The van der Waals surface area contributed by atoms with Gasteiger partial charge in [0.25, 0.3) is 10.0 Å². The number of thiazole rings is 1. The number of H-pyrrole nitrogens is 1. The molecular weight excluding hydrogens is 613 g/mol. The third kappa shape index (κ3) is 8.25. The van der Waals surface area contributed by atoms with Crippen molar-refractivity contribution in [3.05, 3.63) is 112 Å². The van der Waals surface area contributed by atoms with E-state index in [9.17, 15) is 18.3 Å². The maximum absolute atomic E-state index is 13.0. The molecule has 1 heterocycles. The van der Waals surface area contributed by atoms with Crippen molar-refractivity contribution in [3.8, 4) is 39.3 Å². The van der Waals surface area contributed by atoms with E-state index in [1.807, 2.05) is 19.1 Å². The van der Waals surface area contributed by atoms with Crippen LogP contribution in [0.25, 0.3) is 10.4 Å². The van der Waals surface area contributed by atoms with E-state index in [1.54, 1.807) is 78.9 Å². The topological polar surface area (TPSA) is 127 Å². The molecular formula is C34H34N2O7S2. The fourth-order valence-corrected chi connectivity index (χ4v) is 6.37. The molecule has 234 valence electrons. The standard InChI is InChI=1S/C34H34N2O7S2/c1-3-7-25-22-27(43-31-9-5-4-8-29(31)36-45(39,40)28-17-10-23(2)11-18-28)16-19-30(25)42-21-6-20-41-26-14-12-24(13-15-26)32-33(37)35-34(38)44-32/h4-5,8-19,22,36-37H,3,6-7,20-21H2,1-2H3,(H,35,38). The Morgan fingerprint density at radius 3 is 2.29 bits per heavy atom. The molecule has 0 aliphatic carbocycles. The fraction of sp³-hybridized carbons (Fsp3) is 0.206. The number of ether oxygens (including phenoxy) is 3. The molecule has 0 amide bonds. The number of aromatic nitrogens is 1. The number of anilines is 1. The average molecular weight is 647 g/mol. The number of aromatic amines is 1. The quantitative estimate of drug-likeness (QED) is 0.107. The molecule has 0 radical (unpaired) electrons. The molecule has 0 unspecified atom stereocenters. The first kappa shape index (κ1) is 31.7. The van der Waals surface area contributed by atoms with Gasteiger partial charge in [-0.05, 0) is 91.2 Å². The lowest BCUT2D eigenvalue weighted by atomic mass is 10.1. The van der Waals surface area contributed by atoms with Crippen molar-refractivity contribution in [2.24, 2.45) is 0 Å². The van der Waals surface area contributed by atoms with Gasteiger partial charge in [0.2, 0.25) is 5.88 Å². The first-order chi connectivity index (χ1) is 21.7. The Morgan fingerprint density at radius 2 is 1.58 bits per heavy atom. The van der Waals surface area contributed by atoms with Gasteiger partial charge in [0, 0.05) is 6.42 Å². The molecule has 1 aromatic heterocycles. The second kappa shape index (κ2) is 14.4. The van der Waals surface area contributed by atoms with Crippen molar-refractivity contribution >= 4 is 27.0 Å². The molecule has 4 aromatic carbocycles. The van der Waals surface area contributed by atoms with Crippen molar-refractivity contribution in [1.82, 2.24) is 4.98 Å². The van der Waals surface area contributed by atoms with Crippen LogP contribution in [0.4, 0.5) is 5.69 Å². The van der Waals surface area contributed by atoms with Crippen LogP contribution in [0.2, 0.25) is 0 Å². The Labute approximate surface area is 266 Å². The van der Waals surface area contributed by atoms with E-state index < -0.39 is 10.0 Å². The molecule has 0 saturated heterocycles. The lowest BCUT2D eigenvalue weighted by Crippen LogP contribution is -2.13. The van der Waals surface area contributed by atoms with Crippen molar-refractivity contribution < 1.29 is 27.7 Å². The molecule has 3 N–H and O–H groups in total. The molecule has 0 aliphatic rings. The average Bonchev–Trinajstić information content (AvgIpc) is 3.37. The highest BCUT2D eigenvalue weighted by Crippen LogP contribution is 2.34. The highest BCUT2D eigenvalue weighted by atomic mass is 32.2. The van der Waals surface area contributed by atoms with Gasteiger partial charge in [-0.2, -0.15) is 0 Å². The maximum atomic E-state index is 13.0. The number of para-hydroxylation sites is 2. The van der Waals surface area contributed by atoms with E-state index in [0.29, 0.717) is 47.4 Å². The predicted octanol–water partition coefficient (Wildman–Crippen LogP) is 7.51. The van der Waals surface area contributed by atoms with Crippen LogP contribution in [-0.2, 0) is 16.4 Å². The van der Waals surface area contributed by atoms with Crippen LogP contribution >= 0.6 is 11.3 Å². The number of nitrogens with one attached hydrogen (secondary N) is 2. The van der Waals surface area contributed by atoms with Gasteiger partial charge < -0.3 is 19.3 Å². The van der Waals surface area contributed by atoms with Crippen LogP contribution in [0.1, 0.15) is 30.9 Å². The molecule has 0 spiro atoms. The molecule has 0 saturated carbocycles. The predicted molar refractivity (Wildman–Crippen MR) is 177 cm³/mol. The van der Waals surface area contributed by atoms with Gasteiger partial charge in [-0.15, -0.1) is 0 Å². The Hall–Kier alpha value is -4.74. The molecule has 5 aromatic rings. The zero-order chi connectivity index (χ0) is 31.8. The summed E-state index contributed by atoms with van der Waals surface area (Å²) in [7, 11) is -3.80. The number of aromatic hydroxyl groups is 1. The zero-order valence-corrected chi connectivity index (χ0v) is 26.5. The highest BCUT2D eigenvalue weighted by Gasteiger charge is 2.17. The smallest absolute Gasteiger partial charge is 0.307 e. The van der Waals surface area contributed by atoms with Crippen LogP contribution in [-0.4, -0.2) is 31.7 Å². The summed E-state index contributed by atoms with van der Waals surface area (Å²) in [5, 5.41) is 9.85. The summed E-state index contributed by atoms with van der Waals surface area (Å²) in [6, 6.07) is 26.3. The SMILES string of the molecule is CCCc1cc(Oc2ccccc2NS(=O)(=O)c2ccc(C)cc2)ccc1OCCCOc1ccc(-c2sc(=O)[nH]c2O)cc1. The number of hydrogen-bond donors (Lipinski definition) is 3. The molecule has 0 atom stereocenters. The molecule has 0 fully saturated rings. The zero-order valence-electron chi connectivity index (χ0n) is 24.9. The second-order valence-corrected chi connectivity index (χ2v) is 13.0. The van der Waals surface area contributed by atoms with Gasteiger partial charge in [-0.25, -0.2) is 8.42 Å². The normalized spacial score (nSPS) is 11.2. The van der Waals surface area contributed by atoms with E-state index in [4.69, 9.17) is 14.2 Å². The summed E-state index contributed by atoms with van der Waals surface area (Å²) < 4.78 is 46.7. The highest BCUT2D eigenvalue weighted by molar-refractivity contribution is 7.92. The van der Waals surface area contributed by atoms with Crippen LogP contribution in [0, 0.1) is 6.92 Å². The molecule has 9 nitrogen and oxygen atoms in total. The lowest BCUT2D eigenvalue weighted by Gasteiger charge is -2.16. The van der Waals surface area contributed by atoms with Crippen molar-refractivity contribution in [2.45, 2.75) is 38.0 Å². The fourth-order valence-electron chi connectivity index (χ4n) is 4.56. The monoisotopic (exact) mass is 646 g/mol. The third-order valence-corrected chi connectivity index (χ3v) is 9.11. The van der Waals surface area contributed by atoms with E-state index in [-0.39, 0.29) is 15.6 Å². The van der Waals surface area contributed by atoms with E-state index >= 15 is 0 Å². The Morgan fingerprint density at radius 1 is 0.867 bits per heavy atom. The molecule has 0 aliphatic heterocycles. The molecule has 5 rings (SSSR count). The minimum atomic E-state index is -3.80. The lowest BCUT2D eigenvalue weighted by molar-refractivity contribution is 0.246. The largest absolute Gasteiger partial charge is 0.493 e. The van der Waals surface area contributed by atoms with Crippen molar-refractivity contribution in [2.75, 3.05) is 17.9 Å². The number of benzene rings is 4. The second-order valence-electron chi connectivity index (χ2n) is 10.3. The molecule has 11 heteroatoms. The van der Waals surface area contributed by atoms with Gasteiger partial charge in [-0.1, -0.05) is 54.5 Å². The minimum Gasteiger partial charge on any atom is -0.493 e. The first-order valence-corrected chi connectivity index (χ1v) is 16.8. The Kier molecular flexibility index (Phi) is 10.1. The Balaban J connectivity index is 1.17. The van der Waals surface area contributed by atoms with Gasteiger partial charge in [-0.3, -0.25) is 14.5 Å². The third-order valence-electron chi connectivity index (χ3n) is 6.80. The Bertz CT molecular complexity index is 1900. The number of rotatable bonds is 14. The van der Waals surface area contributed by atoms with Crippen molar-refractivity contribution in [1.29, 1.82) is 0 Å². The number of hydrogen-bond acceptors (Lipinski definition) is 8. The molecule has 0 bridgehead atoms. The summed E-state index contributed by atoms with van der Waals surface area (Å²) in [6.07, 6.45) is 2.34. The number of aryl methyl sites for hydroxylation is 2. The first-order valence-electron chi connectivity index (χ1n) is 14.5. The van der Waals surface area contributed by atoms with Crippen LogP contribution in [0.15, 0.2) is 101 Å². The van der Waals surface area contributed by atoms with Gasteiger partial charge in [0.05, 0.1) is 28.7 Å². The maximum Gasteiger partial charge on any atom is 0.307 e. The van der Waals surface area contributed by atoms with E-state index in [2.05, 4.69) is 16.6 Å². The van der Waals surface area contributed by atoms with Gasteiger partial charge >= 0.3 is 4.87 Å². The van der Waals surface area contributed by atoms with Gasteiger partial charge in [0.1, 0.15) is 17.2 Å². The molecule has 45 heavy (non-hydrogen) atoms. The van der Waals surface area contributed by atoms with Crippen LogP contribution in [0.5, 0.6) is 28.9 Å². The number of sulfonamides is 1. The summed E-state index contributed by atoms with van der Waals surface area (Å²) >= 11 is 0.952. The van der Waals surface area contributed by atoms with Crippen LogP contribution in [0.3, 0.4) is 0 Å². The van der Waals surface area contributed by atoms with Gasteiger partial charge in [0.15, 0.2) is 5.75 Å². The summed E-state index contributed by atoms with van der Waals surface area (Å²) in [6.45, 7) is 4.88. The van der Waals surface area contributed by atoms with Crippen molar-refractivity contribution in [3.63, 3.8) is 0 Å². The van der Waals surface area contributed by atoms with E-state index in [0.717, 1.165) is 46.6 Å². The van der Waals surface area contributed by atoms with E-state index in [1.165, 1.54) is 0 Å². The summed E-state index contributed by atoms with van der Waals surface area (Å²) in [5.74, 6) is 2.25.